The zero-order valence-electron chi connectivity index (χ0n) is 18.5. The molecule has 8 nitrogen and oxygen atoms in total. The van der Waals surface area contributed by atoms with Crippen molar-refractivity contribution in [2.45, 2.75) is 45.3 Å². The predicted octanol–water partition coefficient (Wildman–Crippen LogP) is 2.96. The largest absolute Gasteiger partial charge is 0.493 e. The summed E-state index contributed by atoms with van der Waals surface area (Å²) in [6.45, 7) is 5.39. The highest BCUT2D eigenvalue weighted by atomic mass is 16.5. The molecule has 168 valence electrons. The Labute approximate surface area is 186 Å². The van der Waals surface area contributed by atoms with Crippen LogP contribution in [0.1, 0.15) is 42.5 Å². The molecule has 0 radical (unpaired) electrons. The van der Waals surface area contributed by atoms with Crippen LogP contribution in [-0.4, -0.2) is 31.0 Å². The summed E-state index contributed by atoms with van der Waals surface area (Å²) < 4.78 is 24.3. The Morgan fingerprint density at radius 1 is 1.31 bits per heavy atom. The summed E-state index contributed by atoms with van der Waals surface area (Å²) in [4.78, 5) is 13.7. The highest BCUT2D eigenvalue weighted by Crippen LogP contribution is 2.42. The molecule has 1 aromatic carbocycles. The number of nitrogens with two attached hydrogens (primary N) is 1. The van der Waals surface area contributed by atoms with Crippen LogP contribution < -0.4 is 25.5 Å². The molecule has 1 fully saturated rings. The Morgan fingerprint density at radius 3 is 2.78 bits per heavy atom. The van der Waals surface area contributed by atoms with Gasteiger partial charge in [-0.25, -0.2) is 0 Å². The first-order chi connectivity index (χ1) is 15.5. The maximum atomic E-state index is 13.7. The molecule has 3 heterocycles. The van der Waals surface area contributed by atoms with Crippen molar-refractivity contribution in [2.24, 2.45) is 5.73 Å². The number of aromatic nitrogens is 1. The molecule has 8 heteroatoms. The van der Waals surface area contributed by atoms with E-state index in [-0.39, 0.29) is 23.1 Å². The first-order valence-electron chi connectivity index (χ1n) is 10.7. The van der Waals surface area contributed by atoms with Gasteiger partial charge in [-0.15, -0.1) is 0 Å². The predicted molar refractivity (Wildman–Crippen MR) is 118 cm³/mol. The highest BCUT2D eigenvalue weighted by molar-refractivity contribution is 5.57. The number of methoxy groups -OCH3 is 1. The number of aryl methyl sites for hydroxylation is 1. The van der Waals surface area contributed by atoms with E-state index >= 15 is 0 Å². The molecule has 2 aromatic rings. The number of ether oxygens (including phenoxy) is 4. The zero-order valence-corrected chi connectivity index (χ0v) is 18.5. The molecule has 2 atom stereocenters. The molecule has 2 aliphatic heterocycles. The van der Waals surface area contributed by atoms with Crippen LogP contribution in [0.2, 0.25) is 0 Å². The summed E-state index contributed by atoms with van der Waals surface area (Å²) in [5.74, 6) is 0.775. The van der Waals surface area contributed by atoms with Crippen LogP contribution in [0.3, 0.4) is 0 Å². The van der Waals surface area contributed by atoms with Gasteiger partial charge in [0.1, 0.15) is 17.4 Å². The number of nitriles is 1. The van der Waals surface area contributed by atoms with Gasteiger partial charge in [-0.1, -0.05) is 6.07 Å². The third-order valence-electron chi connectivity index (χ3n) is 5.92. The average molecular weight is 437 g/mol. The quantitative estimate of drug-likeness (QED) is 0.740. The van der Waals surface area contributed by atoms with Crippen molar-refractivity contribution in [3.8, 4) is 23.3 Å². The summed E-state index contributed by atoms with van der Waals surface area (Å²) in [5.41, 5.74) is 7.90. The maximum absolute atomic E-state index is 13.7. The standard InChI is InChI=1S/C24H27N3O5/c1-4-30-18-8-7-15(11-19(18)29-3)21-17(12-25)23(26)32-20-10-14(2)27(24(28)22(20)21)13-16-6-5-9-31-16/h7-8,10-11,16,21H,4-6,9,13,26H2,1-3H3/t16-,21-/m0/s1. The summed E-state index contributed by atoms with van der Waals surface area (Å²) in [5, 5.41) is 9.88. The van der Waals surface area contributed by atoms with Crippen LogP contribution in [0.25, 0.3) is 0 Å². The average Bonchev–Trinajstić information content (AvgIpc) is 3.29. The van der Waals surface area contributed by atoms with Gasteiger partial charge in [0.15, 0.2) is 11.5 Å². The number of hydrogen-bond acceptors (Lipinski definition) is 7. The topological polar surface area (TPSA) is 109 Å². The SMILES string of the molecule is CCOc1ccc([C@H]2C(C#N)=C(N)Oc3cc(C)n(C[C@@H]4CCCO4)c(=O)c32)cc1OC. The molecule has 1 saturated heterocycles. The molecule has 0 amide bonds. The first kappa shape index (κ1) is 21.8. The van der Waals surface area contributed by atoms with Crippen molar-refractivity contribution >= 4 is 0 Å². The van der Waals surface area contributed by atoms with Crippen molar-refractivity contribution < 1.29 is 18.9 Å². The van der Waals surface area contributed by atoms with E-state index < -0.39 is 5.92 Å². The molecule has 32 heavy (non-hydrogen) atoms. The van der Waals surface area contributed by atoms with Crippen molar-refractivity contribution in [1.29, 1.82) is 5.26 Å². The van der Waals surface area contributed by atoms with E-state index in [1.807, 2.05) is 19.9 Å². The lowest BCUT2D eigenvalue weighted by molar-refractivity contribution is 0.0955. The lowest BCUT2D eigenvalue weighted by Gasteiger charge is -2.28. The molecule has 0 bridgehead atoms. The summed E-state index contributed by atoms with van der Waals surface area (Å²) in [7, 11) is 1.55. The Balaban J connectivity index is 1.88. The molecule has 4 rings (SSSR count). The number of hydrogen-bond donors (Lipinski definition) is 1. The van der Waals surface area contributed by atoms with Crippen molar-refractivity contribution in [2.75, 3.05) is 20.3 Å². The van der Waals surface area contributed by atoms with Crippen LogP contribution in [-0.2, 0) is 11.3 Å². The second-order valence-electron chi connectivity index (χ2n) is 7.88. The van der Waals surface area contributed by atoms with Gasteiger partial charge in [-0.2, -0.15) is 5.26 Å². The number of allylic oxidation sites excluding steroid dienone is 1. The maximum Gasteiger partial charge on any atom is 0.258 e. The fourth-order valence-electron chi connectivity index (χ4n) is 4.38. The summed E-state index contributed by atoms with van der Waals surface area (Å²) in [6.07, 6.45) is 1.89. The minimum Gasteiger partial charge on any atom is -0.493 e. The van der Waals surface area contributed by atoms with E-state index in [1.54, 1.807) is 29.9 Å². The van der Waals surface area contributed by atoms with E-state index in [4.69, 9.17) is 24.7 Å². The molecule has 0 aliphatic carbocycles. The van der Waals surface area contributed by atoms with Gasteiger partial charge in [0.25, 0.3) is 5.56 Å². The van der Waals surface area contributed by atoms with Crippen LogP contribution in [0, 0.1) is 18.3 Å². The van der Waals surface area contributed by atoms with E-state index in [1.165, 1.54) is 0 Å². The first-order valence-corrected chi connectivity index (χ1v) is 10.7. The Kier molecular flexibility index (Phi) is 6.10. The Hall–Kier alpha value is -3.44. The van der Waals surface area contributed by atoms with E-state index in [0.29, 0.717) is 48.1 Å². The lowest BCUT2D eigenvalue weighted by atomic mass is 9.84. The van der Waals surface area contributed by atoms with Crippen molar-refractivity contribution in [3.05, 3.63) is 62.9 Å². The van der Waals surface area contributed by atoms with Gasteiger partial charge in [-0.05, 0) is 44.4 Å². The minimum atomic E-state index is -0.683. The highest BCUT2D eigenvalue weighted by Gasteiger charge is 2.35. The lowest BCUT2D eigenvalue weighted by Crippen LogP contribution is -2.35. The van der Waals surface area contributed by atoms with Crippen LogP contribution in [0.5, 0.6) is 17.2 Å². The molecule has 2 aliphatic rings. The molecule has 0 saturated carbocycles. The Morgan fingerprint density at radius 2 is 2.12 bits per heavy atom. The zero-order chi connectivity index (χ0) is 22.8. The number of nitrogens with zero attached hydrogens (tertiary/aromatic N) is 2. The van der Waals surface area contributed by atoms with E-state index in [2.05, 4.69) is 6.07 Å². The second kappa shape index (κ2) is 8.97. The van der Waals surface area contributed by atoms with Crippen molar-refractivity contribution in [1.82, 2.24) is 4.57 Å². The fourth-order valence-corrected chi connectivity index (χ4v) is 4.38. The van der Waals surface area contributed by atoms with E-state index in [0.717, 1.165) is 18.5 Å². The molecule has 2 N–H and O–H groups in total. The second-order valence-corrected chi connectivity index (χ2v) is 7.88. The van der Waals surface area contributed by atoms with Gasteiger partial charge in [-0.3, -0.25) is 4.79 Å². The van der Waals surface area contributed by atoms with E-state index in [9.17, 15) is 10.1 Å². The van der Waals surface area contributed by atoms with Crippen molar-refractivity contribution in [3.63, 3.8) is 0 Å². The van der Waals surface area contributed by atoms with Gasteiger partial charge < -0.3 is 29.2 Å². The monoisotopic (exact) mass is 437 g/mol. The molecule has 0 spiro atoms. The Bertz CT molecular complexity index is 1160. The number of pyridine rings is 1. The minimum absolute atomic E-state index is 0.00553. The van der Waals surface area contributed by atoms with Gasteiger partial charge in [0.2, 0.25) is 5.88 Å². The van der Waals surface area contributed by atoms with Gasteiger partial charge in [0.05, 0.1) is 37.8 Å². The smallest absolute Gasteiger partial charge is 0.258 e. The molecular weight excluding hydrogens is 410 g/mol. The normalized spacial score (nSPS) is 19.8. The third kappa shape index (κ3) is 3.80. The third-order valence-corrected chi connectivity index (χ3v) is 5.92. The molecule has 1 aromatic heterocycles. The molecular formula is C24H27N3O5. The fraction of sp³-hybridized carbons (Fsp3) is 0.417. The number of fused-ring (bicyclic) bond motifs is 1. The number of rotatable bonds is 6. The summed E-state index contributed by atoms with van der Waals surface area (Å²) in [6, 6.07) is 9.31. The van der Waals surface area contributed by atoms with Crippen LogP contribution >= 0.6 is 0 Å². The summed E-state index contributed by atoms with van der Waals surface area (Å²) >= 11 is 0. The number of benzene rings is 1. The van der Waals surface area contributed by atoms with Gasteiger partial charge >= 0.3 is 0 Å². The van der Waals surface area contributed by atoms with Crippen LogP contribution in [0.4, 0.5) is 0 Å². The molecule has 0 unspecified atom stereocenters. The van der Waals surface area contributed by atoms with Crippen LogP contribution in [0.15, 0.2) is 40.5 Å². The van der Waals surface area contributed by atoms with Gasteiger partial charge in [0, 0.05) is 18.4 Å².